The van der Waals surface area contributed by atoms with Gasteiger partial charge in [0.1, 0.15) is 31.6 Å². The Morgan fingerprint density at radius 3 is 2.56 bits per heavy atom. The number of nitrogens with zero attached hydrogens (tertiary/aromatic N) is 5. The van der Waals surface area contributed by atoms with Gasteiger partial charge in [0.05, 0.1) is 12.7 Å². The third-order valence-electron chi connectivity index (χ3n) is 6.44. The molecule has 1 atom stereocenters. The Morgan fingerprint density at radius 2 is 1.84 bits per heavy atom. The fourth-order valence-electron chi connectivity index (χ4n) is 4.60. The van der Waals surface area contributed by atoms with Gasteiger partial charge in [-0.1, -0.05) is 18.2 Å². The van der Waals surface area contributed by atoms with Gasteiger partial charge in [0.25, 0.3) is 5.91 Å². The number of rotatable bonds is 8. The van der Waals surface area contributed by atoms with Gasteiger partial charge in [0.2, 0.25) is 11.7 Å². The highest BCUT2D eigenvalue weighted by Gasteiger charge is 2.36. The first kappa shape index (κ1) is 29.3. The fourth-order valence-corrected chi connectivity index (χ4v) is 4.60. The number of aromatic hydroxyl groups is 1. The lowest BCUT2D eigenvalue weighted by Gasteiger charge is -2.34. The Hall–Kier alpha value is -5.20. The van der Waals surface area contributed by atoms with Gasteiger partial charge in [0, 0.05) is 17.3 Å². The van der Waals surface area contributed by atoms with Crippen molar-refractivity contribution in [3.63, 3.8) is 0 Å². The highest BCUT2D eigenvalue weighted by Crippen LogP contribution is 2.39. The summed E-state index contributed by atoms with van der Waals surface area (Å²) in [7, 11) is 1.39. The first-order valence-electron chi connectivity index (χ1n) is 13.5. The smallest absolute Gasteiger partial charge is 0.251 e. The van der Waals surface area contributed by atoms with Crippen LogP contribution >= 0.6 is 0 Å². The number of anilines is 1. The maximum Gasteiger partial charge on any atom is 0.251 e. The number of hydrogen-bond acceptors (Lipinski definition) is 9. The minimum Gasteiger partial charge on any atom is -0.504 e. The number of fused-ring (bicyclic) bond motifs is 1. The molecule has 2 amide bonds. The van der Waals surface area contributed by atoms with Crippen LogP contribution < -0.4 is 24.4 Å². The van der Waals surface area contributed by atoms with E-state index in [-0.39, 0.29) is 22.9 Å². The van der Waals surface area contributed by atoms with Crippen molar-refractivity contribution in [1.29, 1.82) is 0 Å². The van der Waals surface area contributed by atoms with Gasteiger partial charge >= 0.3 is 0 Å². The van der Waals surface area contributed by atoms with Gasteiger partial charge < -0.3 is 24.6 Å². The van der Waals surface area contributed by atoms with Crippen LogP contribution in [0.1, 0.15) is 32.4 Å². The van der Waals surface area contributed by atoms with Crippen molar-refractivity contribution in [1.82, 2.24) is 25.5 Å². The molecule has 224 valence electrons. The highest BCUT2D eigenvalue weighted by molar-refractivity contribution is 6.01. The summed E-state index contributed by atoms with van der Waals surface area (Å²) in [5.41, 5.74) is 0.159. The molecule has 1 aromatic heterocycles. The number of ether oxygens (including phenoxy) is 3. The molecule has 0 saturated heterocycles. The number of carbonyl (C=O) groups excluding carboxylic acids is 2. The van der Waals surface area contributed by atoms with Crippen LogP contribution in [0.4, 0.5) is 10.1 Å². The van der Waals surface area contributed by atoms with E-state index in [2.05, 4.69) is 20.7 Å². The monoisotopic (exact) mass is 590 g/mol. The average molecular weight is 591 g/mol. The van der Waals surface area contributed by atoms with E-state index in [9.17, 15) is 19.1 Å². The van der Waals surface area contributed by atoms with E-state index in [1.807, 2.05) is 20.8 Å². The Kier molecular flexibility index (Phi) is 8.15. The molecule has 0 saturated carbocycles. The number of tetrazole rings is 1. The number of amides is 2. The SMILES string of the molecule is COc1cc([C@H](C(=O)NC(C)(C)C)N(C(=O)Cn2nnc(-c3ccccc3F)n2)c2ccc3c(c2)OCCO3)ccc1O. The maximum atomic E-state index is 14.4. The van der Waals surface area contributed by atoms with Gasteiger partial charge in [-0.15, -0.1) is 10.2 Å². The van der Waals surface area contributed by atoms with Gasteiger partial charge in [-0.05, 0) is 67.9 Å². The Balaban J connectivity index is 1.60. The zero-order valence-electron chi connectivity index (χ0n) is 24.1. The first-order valence-corrected chi connectivity index (χ1v) is 13.5. The molecule has 0 spiro atoms. The Morgan fingerprint density at radius 1 is 1.09 bits per heavy atom. The number of methoxy groups -OCH3 is 1. The fraction of sp³-hybridized carbons (Fsp3) is 0.300. The zero-order valence-corrected chi connectivity index (χ0v) is 24.1. The number of nitrogens with one attached hydrogen (secondary N) is 1. The molecule has 2 N–H and O–H groups in total. The molecule has 0 aliphatic carbocycles. The normalized spacial score (nSPS) is 13.2. The van der Waals surface area contributed by atoms with E-state index < -0.39 is 35.8 Å². The van der Waals surface area contributed by atoms with E-state index in [4.69, 9.17) is 14.2 Å². The summed E-state index contributed by atoms with van der Waals surface area (Å²) < 4.78 is 31.1. The minimum absolute atomic E-state index is 0.00192. The quantitative estimate of drug-likeness (QED) is 0.315. The van der Waals surface area contributed by atoms with Crippen molar-refractivity contribution >= 4 is 17.5 Å². The van der Waals surface area contributed by atoms with Gasteiger partial charge in [-0.2, -0.15) is 4.80 Å². The molecule has 4 aromatic rings. The maximum absolute atomic E-state index is 14.4. The van der Waals surface area contributed by atoms with Gasteiger partial charge in [0.15, 0.2) is 23.0 Å². The summed E-state index contributed by atoms with van der Waals surface area (Å²) in [6, 6.07) is 14.0. The van der Waals surface area contributed by atoms with Crippen molar-refractivity contribution in [2.75, 3.05) is 25.2 Å². The number of carbonyl (C=O) groups is 2. The molecule has 2 heterocycles. The summed E-state index contributed by atoms with van der Waals surface area (Å²) in [5, 5.41) is 25.3. The number of halogens is 1. The summed E-state index contributed by atoms with van der Waals surface area (Å²) in [6.07, 6.45) is 0. The Labute approximate surface area is 247 Å². The van der Waals surface area contributed by atoms with Crippen LogP contribution in [0.25, 0.3) is 11.4 Å². The molecule has 13 heteroatoms. The number of aromatic nitrogens is 4. The van der Waals surface area contributed by atoms with Crippen molar-refractivity contribution in [3.8, 4) is 34.4 Å². The lowest BCUT2D eigenvalue weighted by Crippen LogP contribution is -2.50. The van der Waals surface area contributed by atoms with Crippen LogP contribution in [0.5, 0.6) is 23.0 Å². The first-order chi connectivity index (χ1) is 20.5. The van der Waals surface area contributed by atoms with E-state index in [1.54, 1.807) is 30.3 Å². The van der Waals surface area contributed by atoms with Crippen LogP contribution in [0.2, 0.25) is 0 Å². The molecule has 1 aliphatic rings. The molecule has 12 nitrogen and oxygen atoms in total. The van der Waals surface area contributed by atoms with Crippen LogP contribution in [-0.2, 0) is 16.1 Å². The van der Waals surface area contributed by atoms with E-state index >= 15 is 0 Å². The lowest BCUT2D eigenvalue weighted by atomic mass is 10.00. The van der Waals surface area contributed by atoms with Gasteiger partial charge in [-0.3, -0.25) is 14.5 Å². The molecule has 0 unspecified atom stereocenters. The zero-order chi connectivity index (χ0) is 30.7. The van der Waals surface area contributed by atoms with Crippen LogP contribution in [-0.4, -0.2) is 63.0 Å². The predicted molar refractivity (Wildman–Crippen MR) is 153 cm³/mol. The van der Waals surface area contributed by atoms with Crippen molar-refractivity contribution in [3.05, 3.63) is 72.0 Å². The van der Waals surface area contributed by atoms with Crippen LogP contribution in [0, 0.1) is 5.82 Å². The van der Waals surface area contributed by atoms with E-state index in [1.165, 1.54) is 42.3 Å². The third-order valence-corrected chi connectivity index (χ3v) is 6.44. The summed E-state index contributed by atoms with van der Waals surface area (Å²) in [5.74, 6) is -0.734. The van der Waals surface area contributed by atoms with E-state index in [0.717, 1.165) is 4.80 Å². The average Bonchev–Trinajstić information content (AvgIpc) is 3.43. The molecular weight excluding hydrogens is 559 g/mol. The van der Waals surface area contributed by atoms with Crippen molar-refractivity contribution < 1.29 is 33.3 Å². The second-order valence-electron chi connectivity index (χ2n) is 10.8. The lowest BCUT2D eigenvalue weighted by molar-refractivity contribution is -0.128. The largest absolute Gasteiger partial charge is 0.504 e. The molecule has 5 rings (SSSR count). The highest BCUT2D eigenvalue weighted by atomic mass is 19.1. The summed E-state index contributed by atoms with van der Waals surface area (Å²) >= 11 is 0. The van der Waals surface area contributed by atoms with Gasteiger partial charge in [-0.25, -0.2) is 4.39 Å². The topological polar surface area (TPSA) is 141 Å². The second kappa shape index (κ2) is 12.0. The van der Waals surface area contributed by atoms with Crippen LogP contribution in [0.3, 0.4) is 0 Å². The minimum atomic E-state index is -1.24. The number of phenolic OH excluding ortho intramolecular Hbond substituents is 1. The van der Waals surface area contributed by atoms with Crippen molar-refractivity contribution in [2.45, 2.75) is 38.9 Å². The number of hydrogen-bond donors (Lipinski definition) is 2. The molecule has 0 bridgehead atoms. The predicted octanol–water partition coefficient (Wildman–Crippen LogP) is 3.65. The Bertz CT molecular complexity index is 1650. The molecule has 1 aliphatic heterocycles. The number of phenols is 1. The third kappa shape index (κ3) is 6.50. The molecule has 0 radical (unpaired) electrons. The van der Waals surface area contributed by atoms with E-state index in [0.29, 0.717) is 36.0 Å². The number of benzene rings is 3. The molecule has 43 heavy (non-hydrogen) atoms. The van der Waals surface area contributed by atoms with Crippen LogP contribution in [0.15, 0.2) is 60.7 Å². The molecular formula is C30H31FN6O6. The molecule has 3 aromatic carbocycles. The second-order valence-corrected chi connectivity index (χ2v) is 10.8. The molecule has 0 fully saturated rings. The summed E-state index contributed by atoms with van der Waals surface area (Å²) in [4.78, 5) is 30.5. The standard InChI is InChI=1S/C30H31FN6O6/c1-30(2,3)32-29(40)27(18-9-11-22(38)24(15-18)41-4)37(19-10-12-23-25(16-19)43-14-13-42-23)26(39)17-36-34-28(33-35-36)20-7-5-6-8-21(20)31/h5-12,15-16,27,38H,13-14,17H2,1-4H3,(H,32,40)/t27-/m1/s1. The van der Waals surface area contributed by atoms with Crippen molar-refractivity contribution in [2.24, 2.45) is 0 Å². The summed E-state index contributed by atoms with van der Waals surface area (Å²) in [6.45, 7) is 5.71.